The van der Waals surface area contributed by atoms with E-state index in [-0.39, 0.29) is 23.9 Å². The van der Waals surface area contributed by atoms with Crippen LogP contribution in [0, 0.1) is 5.92 Å². The van der Waals surface area contributed by atoms with Gasteiger partial charge in [0.25, 0.3) is 0 Å². The number of rotatable bonds is 11. The first-order valence-electron chi connectivity index (χ1n) is 30.9. The number of nitrogens with one attached hydrogen (secondary N) is 1. The molecule has 0 saturated carbocycles. The van der Waals surface area contributed by atoms with Crippen LogP contribution in [0.3, 0.4) is 0 Å². The highest BCUT2D eigenvalue weighted by atomic mass is 16.3. The third-order valence-corrected chi connectivity index (χ3v) is 18.1. The Kier molecular flexibility index (Phi) is 12.8. The normalized spacial score (nSPS) is 18.1. The summed E-state index contributed by atoms with van der Waals surface area (Å²) in [5.41, 5.74) is 18.4. The van der Waals surface area contributed by atoms with E-state index in [4.69, 9.17) is 19.4 Å². The molecule has 89 heavy (non-hydrogen) atoms. The molecule has 9 nitrogen and oxygen atoms in total. The third kappa shape index (κ3) is 9.12. The molecule has 17 rings (SSSR count). The van der Waals surface area contributed by atoms with Crippen molar-refractivity contribution >= 4 is 78.9 Å². The number of guanidine groups is 1. The Balaban J connectivity index is 0.903. The van der Waals surface area contributed by atoms with Gasteiger partial charge in [0.2, 0.25) is 11.9 Å². The molecule has 0 amide bonds. The van der Waals surface area contributed by atoms with Gasteiger partial charge in [0, 0.05) is 78.9 Å². The summed E-state index contributed by atoms with van der Waals surface area (Å²) in [5, 5.41) is 7.05. The van der Waals surface area contributed by atoms with Crippen LogP contribution >= 0.6 is 0 Å². The minimum atomic E-state index is -0.242. The van der Waals surface area contributed by atoms with Crippen LogP contribution in [-0.4, -0.2) is 26.5 Å². The van der Waals surface area contributed by atoms with E-state index in [1.54, 1.807) is 0 Å². The topological polar surface area (TPSA) is 78.0 Å². The zero-order chi connectivity index (χ0) is 58.8. The van der Waals surface area contributed by atoms with E-state index >= 15 is 0 Å². The molecule has 3 aliphatic carbocycles. The lowest BCUT2D eigenvalue weighted by Gasteiger charge is -2.35. The molecule has 0 bridgehead atoms. The van der Waals surface area contributed by atoms with Gasteiger partial charge in [0.15, 0.2) is 0 Å². The summed E-state index contributed by atoms with van der Waals surface area (Å²) in [7, 11) is 0. The van der Waals surface area contributed by atoms with Crippen LogP contribution in [0.25, 0.3) is 67.3 Å². The van der Waals surface area contributed by atoms with Gasteiger partial charge in [0.1, 0.15) is 11.3 Å². The SMILES string of the molecule is C1=CCC(C2=CC(c3ccccc3)NC(N3c4ccc(N(c5ccccc5)c5ccccc5)cc4C4c5oc6c(ccc7c6c6cc(N(C8=CCCC=C8)c8ccccc8)ccc6n7-c6nc(-c7ccccc7)cc(-c7ccccc7)n6)c5C=CC43)=N2)C=C1. The van der Waals surface area contributed by atoms with Gasteiger partial charge in [-0.25, -0.2) is 15.0 Å². The van der Waals surface area contributed by atoms with Crippen molar-refractivity contribution in [2.45, 2.75) is 37.3 Å². The second-order valence-corrected chi connectivity index (χ2v) is 23.4. The zero-order valence-corrected chi connectivity index (χ0v) is 48.8. The number of benzene rings is 9. The van der Waals surface area contributed by atoms with Crippen molar-refractivity contribution < 1.29 is 4.42 Å². The molecule has 3 aromatic heterocycles. The minimum Gasteiger partial charge on any atom is -0.459 e. The molecule has 1 N–H and O–H groups in total. The fraction of sp³-hybridized carbons (Fsp3) is 0.0875. The van der Waals surface area contributed by atoms with Gasteiger partial charge in [-0.1, -0.05) is 194 Å². The number of hydrogen-bond acceptors (Lipinski definition) is 8. The standard InChI is InChI=1S/C80H60N8O/c1-9-25-53(26-10-1)67-51-68(54-27-11-2-12-28-54)82-79(81-67)87-71-45-41-61(85(57-33-17-5-18-34-57)58-35-19-6-20-36-58)49-65(71)75-73(87)47-43-63-64-44-48-74-76(78(64)89-77(63)75)66-50-62(86(59-37-21-7-22-38-59)60-39-23-8-24-40-60)42-46-72(66)88(74)80-83-69(55-29-13-3-14-30-55)52-70(84-80)56-31-15-4-16-32-56/h1-7,9-23,25-27,29-52,54,67,73,75H,8,24,28H2,(H,81,82). The number of hydrogen-bond donors (Lipinski definition) is 1. The van der Waals surface area contributed by atoms with Gasteiger partial charge >= 0.3 is 0 Å². The van der Waals surface area contributed by atoms with E-state index in [9.17, 15) is 0 Å². The van der Waals surface area contributed by atoms with Crippen LogP contribution < -0.4 is 20.0 Å². The van der Waals surface area contributed by atoms with Gasteiger partial charge in [-0.2, -0.15) is 0 Å². The molecule has 9 heteroatoms. The van der Waals surface area contributed by atoms with Crippen molar-refractivity contribution in [2.24, 2.45) is 10.9 Å². The highest BCUT2D eigenvalue weighted by Crippen LogP contribution is 2.54. The number of aromatic nitrogens is 3. The Morgan fingerprint density at radius 1 is 0.528 bits per heavy atom. The largest absolute Gasteiger partial charge is 0.459 e. The molecule has 5 heterocycles. The molecule has 2 aliphatic heterocycles. The number of allylic oxidation sites excluding steroid dienone is 7. The Bertz CT molecular complexity index is 4830. The summed E-state index contributed by atoms with van der Waals surface area (Å²) in [6.07, 6.45) is 25.6. The summed E-state index contributed by atoms with van der Waals surface area (Å²) in [5.74, 6) is 2.18. The number of anilines is 6. The average molecular weight is 1150 g/mol. The second-order valence-electron chi connectivity index (χ2n) is 23.4. The second kappa shape index (κ2) is 21.9. The Morgan fingerprint density at radius 3 is 1.81 bits per heavy atom. The zero-order valence-electron chi connectivity index (χ0n) is 48.8. The first kappa shape index (κ1) is 52.1. The molecule has 0 saturated heterocycles. The molecule has 0 fully saturated rings. The number of para-hydroxylation sites is 3. The van der Waals surface area contributed by atoms with Crippen molar-refractivity contribution in [3.05, 3.63) is 325 Å². The molecule has 0 spiro atoms. The molecular weight excluding hydrogens is 1090 g/mol. The van der Waals surface area contributed by atoms with Gasteiger partial charge < -0.3 is 24.4 Å². The fourth-order valence-electron chi connectivity index (χ4n) is 14.0. The van der Waals surface area contributed by atoms with E-state index in [0.29, 0.717) is 5.95 Å². The van der Waals surface area contributed by atoms with Gasteiger partial charge in [-0.15, -0.1) is 0 Å². The van der Waals surface area contributed by atoms with Crippen molar-refractivity contribution in [3.63, 3.8) is 0 Å². The Morgan fingerprint density at radius 2 is 1.16 bits per heavy atom. The van der Waals surface area contributed by atoms with E-state index in [1.807, 2.05) is 12.1 Å². The lowest BCUT2D eigenvalue weighted by Crippen LogP contribution is -2.48. The number of aliphatic imine (C=N–C) groups is 1. The van der Waals surface area contributed by atoms with Gasteiger partial charge in [-0.05, 0) is 134 Å². The van der Waals surface area contributed by atoms with Crippen LogP contribution in [0.15, 0.2) is 312 Å². The molecule has 4 unspecified atom stereocenters. The maximum Gasteiger partial charge on any atom is 0.235 e. The van der Waals surface area contributed by atoms with Crippen LogP contribution in [0.2, 0.25) is 0 Å². The number of fused-ring (bicyclic) bond motifs is 11. The summed E-state index contributed by atoms with van der Waals surface area (Å²) >= 11 is 0. The molecule has 12 aromatic rings. The van der Waals surface area contributed by atoms with Crippen LogP contribution in [-0.2, 0) is 0 Å². The van der Waals surface area contributed by atoms with E-state index < -0.39 is 0 Å². The number of nitrogens with zero attached hydrogens (tertiary/aromatic N) is 7. The molecule has 4 atom stereocenters. The predicted molar refractivity (Wildman–Crippen MR) is 365 cm³/mol. The summed E-state index contributed by atoms with van der Waals surface area (Å²) in [6.45, 7) is 0. The van der Waals surface area contributed by atoms with Crippen LogP contribution in [0.1, 0.15) is 53.7 Å². The van der Waals surface area contributed by atoms with Crippen molar-refractivity contribution in [1.82, 2.24) is 19.9 Å². The maximum absolute atomic E-state index is 7.86. The van der Waals surface area contributed by atoms with E-state index in [2.05, 4.69) is 310 Å². The van der Waals surface area contributed by atoms with Crippen LogP contribution in [0.4, 0.5) is 34.1 Å². The molecule has 0 radical (unpaired) electrons. The van der Waals surface area contributed by atoms with Crippen molar-refractivity contribution in [2.75, 3.05) is 14.7 Å². The van der Waals surface area contributed by atoms with Gasteiger partial charge in [0.05, 0.1) is 45.8 Å². The molecule has 5 aliphatic rings. The summed E-state index contributed by atoms with van der Waals surface area (Å²) < 4.78 is 10.1. The molecule has 9 aromatic carbocycles. The Hall–Kier alpha value is -11.3. The van der Waals surface area contributed by atoms with Crippen molar-refractivity contribution in [3.8, 4) is 28.5 Å². The van der Waals surface area contributed by atoms with Crippen LogP contribution in [0.5, 0.6) is 0 Å². The fourth-order valence-corrected chi connectivity index (χ4v) is 14.0. The maximum atomic E-state index is 7.86. The van der Waals surface area contributed by atoms with E-state index in [0.717, 1.165) is 143 Å². The molecule has 426 valence electrons. The minimum absolute atomic E-state index is 0.111. The summed E-state index contributed by atoms with van der Waals surface area (Å²) in [6, 6.07) is 83.7. The highest BCUT2D eigenvalue weighted by Gasteiger charge is 2.47. The average Bonchev–Trinajstić information content (AvgIpc) is 1.67. The monoisotopic (exact) mass is 1150 g/mol. The first-order valence-corrected chi connectivity index (χ1v) is 30.9. The quantitative estimate of drug-likeness (QED) is 0.138. The smallest absolute Gasteiger partial charge is 0.235 e. The third-order valence-electron chi connectivity index (χ3n) is 18.1. The first-order chi connectivity index (χ1) is 44.1. The Labute approximate surface area is 516 Å². The summed E-state index contributed by atoms with van der Waals surface area (Å²) in [4.78, 5) is 23.8. The van der Waals surface area contributed by atoms with Crippen molar-refractivity contribution in [1.29, 1.82) is 0 Å². The predicted octanol–water partition coefficient (Wildman–Crippen LogP) is 19.6. The van der Waals surface area contributed by atoms with E-state index in [1.165, 1.54) is 5.56 Å². The molecular formula is C80H60N8O. The lowest BCUT2D eigenvalue weighted by molar-refractivity contribution is 0.507. The lowest BCUT2D eigenvalue weighted by atomic mass is 9.85. The highest BCUT2D eigenvalue weighted by molar-refractivity contribution is 6.21. The number of furan rings is 1. The van der Waals surface area contributed by atoms with Gasteiger partial charge in [-0.3, -0.25) is 4.57 Å².